The zero-order valence-electron chi connectivity index (χ0n) is 11.3. The molecule has 0 aliphatic carbocycles. The molecule has 4 nitrogen and oxygen atoms in total. The lowest BCUT2D eigenvalue weighted by Gasteiger charge is -2.14. The first-order valence-electron chi connectivity index (χ1n) is 6.03. The topological polar surface area (TPSA) is 56.5 Å². The van der Waals surface area contributed by atoms with Crippen LogP contribution in [-0.4, -0.2) is 19.2 Å². The molecule has 2 aromatic carbocycles. The van der Waals surface area contributed by atoms with Crippen LogP contribution in [-0.2, 0) is 0 Å². The number of benzene rings is 2. The average molecular weight is 288 g/mol. The van der Waals surface area contributed by atoms with Gasteiger partial charge in [-0.05, 0) is 24.3 Å². The van der Waals surface area contributed by atoms with Crippen molar-refractivity contribution >= 4 is 28.6 Å². The van der Waals surface area contributed by atoms with Crippen molar-refractivity contribution in [3.05, 3.63) is 48.0 Å². The number of methoxy groups -OCH3 is 2. The number of ether oxygens (including phenoxy) is 2. The molecule has 2 aromatic rings. The van der Waals surface area contributed by atoms with Gasteiger partial charge in [-0.25, -0.2) is 0 Å². The Balaban J connectivity index is 2.37. The molecule has 0 aromatic heterocycles. The smallest absolute Gasteiger partial charge is 0.145 e. The standard InChI is InChI=1S/C15H16N2O2S/c1-18-10-7-8-13(14(9-10)19-2)17-12-6-4-3-5-11(12)15(16)20/h3-9,17H,1-2H3,(H2,16,20). The third kappa shape index (κ3) is 3.00. The minimum absolute atomic E-state index is 0.348. The number of nitrogens with one attached hydrogen (secondary N) is 1. The third-order valence-electron chi connectivity index (χ3n) is 2.87. The lowest BCUT2D eigenvalue weighted by atomic mass is 10.1. The van der Waals surface area contributed by atoms with Crippen molar-refractivity contribution in [3.8, 4) is 11.5 Å². The van der Waals surface area contributed by atoms with E-state index in [1.54, 1.807) is 14.2 Å². The third-order valence-corrected chi connectivity index (χ3v) is 3.09. The molecule has 0 bridgehead atoms. The van der Waals surface area contributed by atoms with E-state index in [-0.39, 0.29) is 0 Å². The van der Waals surface area contributed by atoms with E-state index in [2.05, 4.69) is 5.32 Å². The van der Waals surface area contributed by atoms with Crippen molar-refractivity contribution in [1.29, 1.82) is 0 Å². The average Bonchev–Trinajstić information content (AvgIpc) is 2.48. The second-order valence-electron chi connectivity index (χ2n) is 4.10. The summed E-state index contributed by atoms with van der Waals surface area (Å²) in [4.78, 5) is 0.348. The van der Waals surface area contributed by atoms with Crippen molar-refractivity contribution in [2.24, 2.45) is 5.73 Å². The van der Waals surface area contributed by atoms with Crippen LogP contribution in [0.5, 0.6) is 11.5 Å². The highest BCUT2D eigenvalue weighted by Gasteiger charge is 2.09. The van der Waals surface area contributed by atoms with E-state index >= 15 is 0 Å². The van der Waals surface area contributed by atoms with E-state index in [0.29, 0.717) is 10.7 Å². The van der Waals surface area contributed by atoms with Crippen LogP contribution in [0.3, 0.4) is 0 Å². The van der Waals surface area contributed by atoms with Crippen LogP contribution in [0, 0.1) is 0 Å². The molecular formula is C15H16N2O2S. The Bertz CT molecular complexity index is 629. The Labute approximate surface area is 123 Å². The van der Waals surface area contributed by atoms with Crippen LogP contribution in [0.2, 0.25) is 0 Å². The van der Waals surface area contributed by atoms with E-state index in [4.69, 9.17) is 27.4 Å². The molecule has 2 rings (SSSR count). The van der Waals surface area contributed by atoms with Gasteiger partial charge < -0.3 is 20.5 Å². The van der Waals surface area contributed by atoms with Gasteiger partial charge in [0.05, 0.1) is 19.9 Å². The van der Waals surface area contributed by atoms with Gasteiger partial charge in [0, 0.05) is 17.3 Å². The van der Waals surface area contributed by atoms with Gasteiger partial charge in [0.15, 0.2) is 0 Å². The van der Waals surface area contributed by atoms with E-state index in [1.807, 2.05) is 42.5 Å². The van der Waals surface area contributed by atoms with Crippen LogP contribution in [0.4, 0.5) is 11.4 Å². The molecule has 104 valence electrons. The normalized spacial score (nSPS) is 9.90. The zero-order chi connectivity index (χ0) is 14.5. The molecule has 0 aliphatic heterocycles. The van der Waals surface area contributed by atoms with Crippen molar-refractivity contribution in [1.82, 2.24) is 0 Å². The van der Waals surface area contributed by atoms with Gasteiger partial charge in [0.25, 0.3) is 0 Å². The highest BCUT2D eigenvalue weighted by molar-refractivity contribution is 7.80. The fourth-order valence-corrected chi connectivity index (χ4v) is 2.03. The predicted molar refractivity (Wildman–Crippen MR) is 85.2 cm³/mol. The molecule has 3 N–H and O–H groups in total. The van der Waals surface area contributed by atoms with Crippen molar-refractivity contribution in [2.75, 3.05) is 19.5 Å². The number of anilines is 2. The van der Waals surface area contributed by atoms with E-state index in [9.17, 15) is 0 Å². The van der Waals surface area contributed by atoms with Gasteiger partial charge in [-0.1, -0.05) is 24.4 Å². The largest absolute Gasteiger partial charge is 0.497 e. The summed E-state index contributed by atoms with van der Waals surface area (Å²) >= 11 is 5.05. The van der Waals surface area contributed by atoms with Crippen LogP contribution in [0.25, 0.3) is 0 Å². The monoisotopic (exact) mass is 288 g/mol. The first-order chi connectivity index (χ1) is 9.65. The summed E-state index contributed by atoms with van der Waals surface area (Å²) < 4.78 is 10.5. The minimum Gasteiger partial charge on any atom is -0.497 e. The number of rotatable bonds is 5. The number of thiocarbonyl (C=S) groups is 1. The SMILES string of the molecule is COc1ccc(Nc2ccccc2C(N)=S)c(OC)c1. The summed E-state index contributed by atoms with van der Waals surface area (Å²) in [5, 5.41) is 3.28. The van der Waals surface area contributed by atoms with Crippen LogP contribution < -0.4 is 20.5 Å². The molecule has 0 fully saturated rings. The lowest BCUT2D eigenvalue weighted by molar-refractivity contribution is 0.395. The second kappa shape index (κ2) is 6.25. The van der Waals surface area contributed by atoms with Gasteiger partial charge in [-0.15, -0.1) is 0 Å². The van der Waals surface area contributed by atoms with E-state index in [0.717, 1.165) is 22.7 Å². The fraction of sp³-hybridized carbons (Fsp3) is 0.133. The Morgan fingerprint density at radius 3 is 2.45 bits per heavy atom. The van der Waals surface area contributed by atoms with Gasteiger partial charge in [0.2, 0.25) is 0 Å². The molecule has 0 atom stereocenters. The summed E-state index contributed by atoms with van der Waals surface area (Å²) in [5.41, 5.74) is 8.17. The van der Waals surface area contributed by atoms with Crippen LogP contribution >= 0.6 is 12.2 Å². The molecule has 0 saturated heterocycles. The fourth-order valence-electron chi connectivity index (χ4n) is 1.85. The maximum atomic E-state index is 5.72. The van der Waals surface area contributed by atoms with Gasteiger partial charge in [-0.2, -0.15) is 0 Å². The first kappa shape index (κ1) is 14.1. The molecule has 0 unspecified atom stereocenters. The molecule has 0 saturated carbocycles. The van der Waals surface area contributed by atoms with Crippen molar-refractivity contribution in [2.45, 2.75) is 0 Å². The highest BCUT2D eigenvalue weighted by Crippen LogP contribution is 2.32. The van der Waals surface area contributed by atoms with Gasteiger partial charge in [0.1, 0.15) is 16.5 Å². The van der Waals surface area contributed by atoms with Crippen LogP contribution in [0.15, 0.2) is 42.5 Å². The minimum atomic E-state index is 0.348. The summed E-state index contributed by atoms with van der Waals surface area (Å²) in [6, 6.07) is 13.2. The molecule has 0 heterocycles. The molecule has 0 spiro atoms. The number of hydrogen-bond acceptors (Lipinski definition) is 4. The Morgan fingerprint density at radius 2 is 1.80 bits per heavy atom. The number of nitrogens with two attached hydrogens (primary N) is 1. The Morgan fingerprint density at radius 1 is 1.05 bits per heavy atom. The Kier molecular flexibility index (Phi) is 4.42. The van der Waals surface area contributed by atoms with Crippen molar-refractivity contribution in [3.63, 3.8) is 0 Å². The van der Waals surface area contributed by atoms with E-state index < -0.39 is 0 Å². The Hall–Kier alpha value is -2.27. The summed E-state index contributed by atoms with van der Waals surface area (Å²) in [5.74, 6) is 1.41. The molecule has 0 amide bonds. The molecule has 0 aliphatic rings. The van der Waals surface area contributed by atoms with E-state index in [1.165, 1.54) is 0 Å². The molecule has 20 heavy (non-hydrogen) atoms. The summed E-state index contributed by atoms with van der Waals surface area (Å²) in [6.45, 7) is 0. The highest BCUT2D eigenvalue weighted by atomic mass is 32.1. The summed E-state index contributed by atoms with van der Waals surface area (Å²) in [6.07, 6.45) is 0. The van der Waals surface area contributed by atoms with Crippen LogP contribution in [0.1, 0.15) is 5.56 Å². The maximum Gasteiger partial charge on any atom is 0.145 e. The maximum absolute atomic E-state index is 5.72. The quantitative estimate of drug-likeness (QED) is 0.828. The molecule has 0 radical (unpaired) electrons. The number of para-hydroxylation sites is 1. The summed E-state index contributed by atoms with van der Waals surface area (Å²) in [7, 11) is 3.23. The second-order valence-corrected chi connectivity index (χ2v) is 4.54. The van der Waals surface area contributed by atoms with Gasteiger partial charge >= 0.3 is 0 Å². The predicted octanol–water partition coefficient (Wildman–Crippen LogP) is 3.08. The number of hydrogen-bond donors (Lipinski definition) is 2. The molecular weight excluding hydrogens is 272 g/mol. The van der Waals surface area contributed by atoms with Crippen molar-refractivity contribution < 1.29 is 9.47 Å². The van der Waals surface area contributed by atoms with Gasteiger partial charge in [-0.3, -0.25) is 0 Å². The zero-order valence-corrected chi connectivity index (χ0v) is 12.2. The molecule has 5 heteroatoms. The lowest BCUT2D eigenvalue weighted by Crippen LogP contribution is -2.11. The first-order valence-corrected chi connectivity index (χ1v) is 6.44.